The van der Waals surface area contributed by atoms with Crippen LogP contribution in [0.2, 0.25) is 0 Å². The SMILES string of the molecule is CC(=O)CCOc1ccc2c3c(cccc13)C(=O)N(CCNC(=S)N(C)Cc1ccccn1)C2=O. The number of carbonyl (C=O) groups excluding carboxylic acids is 3. The van der Waals surface area contributed by atoms with Gasteiger partial charge < -0.3 is 15.0 Å². The molecule has 1 N–H and O–H groups in total. The summed E-state index contributed by atoms with van der Waals surface area (Å²) in [7, 11) is 1.86. The summed E-state index contributed by atoms with van der Waals surface area (Å²) in [5, 5.41) is 4.88. The molecule has 1 aliphatic rings. The number of nitrogens with one attached hydrogen (secondary N) is 1. The minimum absolute atomic E-state index is 0.0322. The normalized spacial score (nSPS) is 12.6. The molecule has 1 aliphatic heterocycles. The van der Waals surface area contributed by atoms with Crippen molar-refractivity contribution in [2.45, 2.75) is 19.9 Å². The zero-order valence-corrected chi connectivity index (χ0v) is 20.4. The molecule has 0 fully saturated rings. The first kappa shape index (κ1) is 24.3. The molecule has 0 bridgehead atoms. The number of imide groups is 1. The second kappa shape index (κ2) is 10.6. The third kappa shape index (κ3) is 5.30. The number of ether oxygens (including phenoxy) is 1. The van der Waals surface area contributed by atoms with Crippen LogP contribution < -0.4 is 10.1 Å². The zero-order valence-electron chi connectivity index (χ0n) is 19.6. The van der Waals surface area contributed by atoms with Crippen LogP contribution in [-0.2, 0) is 11.3 Å². The van der Waals surface area contributed by atoms with Gasteiger partial charge in [-0.1, -0.05) is 18.2 Å². The van der Waals surface area contributed by atoms with Crippen molar-refractivity contribution in [3.05, 3.63) is 71.5 Å². The van der Waals surface area contributed by atoms with Crippen LogP contribution in [0.4, 0.5) is 0 Å². The molecule has 0 atom stereocenters. The molecule has 2 amide bonds. The van der Waals surface area contributed by atoms with Gasteiger partial charge in [0.15, 0.2) is 5.11 Å². The third-order valence-electron chi connectivity index (χ3n) is 5.75. The van der Waals surface area contributed by atoms with E-state index >= 15 is 0 Å². The van der Waals surface area contributed by atoms with E-state index in [4.69, 9.17) is 17.0 Å². The number of thiocarbonyl (C=S) groups is 1. The largest absolute Gasteiger partial charge is 0.492 e. The Morgan fingerprint density at radius 3 is 2.57 bits per heavy atom. The summed E-state index contributed by atoms with van der Waals surface area (Å²) >= 11 is 5.45. The number of amides is 2. The predicted molar refractivity (Wildman–Crippen MR) is 136 cm³/mol. The number of hydrogen-bond acceptors (Lipinski definition) is 6. The molecule has 2 aromatic carbocycles. The molecule has 9 heteroatoms. The summed E-state index contributed by atoms with van der Waals surface area (Å²) in [4.78, 5) is 45.1. The molecule has 0 unspecified atom stereocenters. The molecule has 0 radical (unpaired) electrons. The van der Waals surface area contributed by atoms with E-state index in [0.717, 1.165) is 5.69 Å². The van der Waals surface area contributed by atoms with Gasteiger partial charge in [0.2, 0.25) is 0 Å². The van der Waals surface area contributed by atoms with Crippen LogP contribution in [0.1, 0.15) is 39.8 Å². The first-order chi connectivity index (χ1) is 16.9. The Bertz CT molecular complexity index is 1270. The van der Waals surface area contributed by atoms with E-state index in [9.17, 15) is 14.4 Å². The quantitative estimate of drug-likeness (QED) is 0.361. The van der Waals surface area contributed by atoms with Gasteiger partial charge in [0.25, 0.3) is 11.8 Å². The van der Waals surface area contributed by atoms with Gasteiger partial charge in [-0.3, -0.25) is 24.3 Å². The number of carbonyl (C=O) groups is 3. The summed E-state index contributed by atoms with van der Waals surface area (Å²) in [6.45, 7) is 2.78. The van der Waals surface area contributed by atoms with Crippen LogP contribution in [0, 0.1) is 0 Å². The maximum absolute atomic E-state index is 13.2. The Labute approximate surface area is 208 Å². The predicted octanol–water partition coefficient (Wildman–Crippen LogP) is 3.20. The van der Waals surface area contributed by atoms with Gasteiger partial charge in [-0.2, -0.15) is 0 Å². The summed E-state index contributed by atoms with van der Waals surface area (Å²) in [6, 6.07) is 14.4. The Morgan fingerprint density at radius 1 is 1.09 bits per heavy atom. The minimum atomic E-state index is -0.358. The summed E-state index contributed by atoms with van der Waals surface area (Å²) in [5.74, 6) is -0.138. The van der Waals surface area contributed by atoms with Gasteiger partial charge in [0.1, 0.15) is 11.5 Å². The number of rotatable bonds is 9. The van der Waals surface area contributed by atoms with Gasteiger partial charge in [-0.25, -0.2) is 0 Å². The molecule has 2 heterocycles. The van der Waals surface area contributed by atoms with Crippen LogP contribution in [-0.4, -0.2) is 64.2 Å². The van der Waals surface area contributed by atoms with Crippen LogP contribution in [0.5, 0.6) is 5.75 Å². The summed E-state index contributed by atoms with van der Waals surface area (Å²) in [6.07, 6.45) is 2.02. The zero-order chi connectivity index (χ0) is 24.9. The van der Waals surface area contributed by atoms with Crippen molar-refractivity contribution in [2.24, 2.45) is 0 Å². The number of Topliss-reactive ketones (excluding diaryl/α,β-unsaturated/α-hetero) is 1. The van der Waals surface area contributed by atoms with Crippen LogP contribution in [0.3, 0.4) is 0 Å². The lowest BCUT2D eigenvalue weighted by Gasteiger charge is -2.28. The second-order valence-corrected chi connectivity index (χ2v) is 8.70. The molecule has 180 valence electrons. The number of pyridine rings is 1. The van der Waals surface area contributed by atoms with E-state index in [0.29, 0.717) is 52.3 Å². The average molecular weight is 491 g/mol. The number of benzene rings is 2. The summed E-state index contributed by atoms with van der Waals surface area (Å²) < 4.78 is 5.77. The first-order valence-corrected chi connectivity index (χ1v) is 11.7. The first-order valence-electron chi connectivity index (χ1n) is 11.3. The van der Waals surface area contributed by atoms with E-state index in [2.05, 4.69) is 10.3 Å². The van der Waals surface area contributed by atoms with Gasteiger partial charge in [-0.15, -0.1) is 0 Å². The fourth-order valence-corrected chi connectivity index (χ4v) is 4.14. The lowest BCUT2D eigenvalue weighted by atomic mass is 9.93. The standard InChI is InChI=1S/C26H26N4O4S/c1-17(31)11-15-34-22-10-9-21-23-19(22)7-5-8-20(23)24(32)30(25(21)33)14-13-28-26(35)29(2)16-18-6-3-4-12-27-18/h3-10,12H,11,13-16H2,1-2H3,(H,28,35). The van der Waals surface area contributed by atoms with E-state index in [1.54, 1.807) is 30.5 Å². The van der Waals surface area contributed by atoms with Crippen LogP contribution in [0.15, 0.2) is 54.7 Å². The maximum atomic E-state index is 13.2. The number of aromatic nitrogens is 1. The van der Waals surface area contributed by atoms with E-state index in [-0.39, 0.29) is 30.7 Å². The molecule has 0 aliphatic carbocycles. The third-order valence-corrected chi connectivity index (χ3v) is 6.20. The van der Waals surface area contributed by atoms with Crippen molar-refractivity contribution in [3.8, 4) is 5.75 Å². The molecular formula is C26H26N4O4S. The lowest BCUT2D eigenvalue weighted by Crippen LogP contribution is -2.46. The highest BCUT2D eigenvalue weighted by Crippen LogP contribution is 2.35. The van der Waals surface area contributed by atoms with Crippen molar-refractivity contribution >= 4 is 45.7 Å². The minimum Gasteiger partial charge on any atom is -0.492 e. The molecule has 4 rings (SSSR count). The molecule has 8 nitrogen and oxygen atoms in total. The van der Waals surface area contributed by atoms with Crippen LogP contribution >= 0.6 is 12.2 Å². The van der Waals surface area contributed by atoms with Gasteiger partial charge in [-0.05, 0) is 49.5 Å². The molecule has 35 heavy (non-hydrogen) atoms. The van der Waals surface area contributed by atoms with Crippen molar-refractivity contribution in [1.82, 2.24) is 20.1 Å². The van der Waals surface area contributed by atoms with E-state index in [1.807, 2.05) is 36.2 Å². The smallest absolute Gasteiger partial charge is 0.261 e. The van der Waals surface area contributed by atoms with Crippen molar-refractivity contribution in [1.29, 1.82) is 0 Å². The monoisotopic (exact) mass is 490 g/mol. The molecular weight excluding hydrogens is 464 g/mol. The fourth-order valence-electron chi connectivity index (χ4n) is 3.97. The van der Waals surface area contributed by atoms with Crippen molar-refractivity contribution < 1.29 is 19.1 Å². The van der Waals surface area contributed by atoms with Crippen molar-refractivity contribution in [3.63, 3.8) is 0 Å². The highest BCUT2D eigenvalue weighted by molar-refractivity contribution is 7.80. The van der Waals surface area contributed by atoms with Crippen LogP contribution in [0.25, 0.3) is 10.8 Å². The lowest BCUT2D eigenvalue weighted by molar-refractivity contribution is -0.117. The molecule has 0 saturated carbocycles. The number of ketones is 1. The van der Waals surface area contributed by atoms with Gasteiger partial charge >= 0.3 is 0 Å². The Morgan fingerprint density at radius 2 is 1.86 bits per heavy atom. The van der Waals surface area contributed by atoms with Gasteiger partial charge in [0.05, 0.1) is 18.8 Å². The Balaban J connectivity index is 1.44. The van der Waals surface area contributed by atoms with E-state index in [1.165, 1.54) is 11.8 Å². The van der Waals surface area contributed by atoms with E-state index < -0.39 is 0 Å². The fraction of sp³-hybridized carbons (Fsp3) is 0.269. The summed E-state index contributed by atoms with van der Waals surface area (Å²) in [5.41, 5.74) is 1.78. The molecule has 0 saturated heterocycles. The molecule has 3 aromatic rings. The highest BCUT2D eigenvalue weighted by Gasteiger charge is 2.33. The Kier molecular flexibility index (Phi) is 7.36. The maximum Gasteiger partial charge on any atom is 0.261 e. The topological polar surface area (TPSA) is 91.8 Å². The average Bonchev–Trinajstić information content (AvgIpc) is 2.85. The molecule has 1 aromatic heterocycles. The van der Waals surface area contributed by atoms with Crippen molar-refractivity contribution in [2.75, 3.05) is 26.7 Å². The number of hydrogen-bond donors (Lipinski definition) is 1. The Hall–Kier alpha value is -3.85. The second-order valence-electron chi connectivity index (χ2n) is 8.31. The highest BCUT2D eigenvalue weighted by atomic mass is 32.1. The van der Waals surface area contributed by atoms with Gasteiger partial charge in [0, 0.05) is 54.7 Å². The number of nitrogens with zero attached hydrogens (tertiary/aromatic N) is 3. The molecule has 0 spiro atoms.